The Kier molecular flexibility index (Phi) is 6.07. The zero-order valence-corrected chi connectivity index (χ0v) is 18.9. The Morgan fingerprint density at radius 1 is 1.09 bits per heavy atom. The molecule has 2 unspecified atom stereocenters. The van der Waals surface area contributed by atoms with Crippen molar-refractivity contribution in [3.63, 3.8) is 0 Å². The van der Waals surface area contributed by atoms with Crippen LogP contribution in [-0.4, -0.2) is 39.3 Å². The maximum absolute atomic E-state index is 13.4. The van der Waals surface area contributed by atoms with Crippen molar-refractivity contribution in [2.75, 3.05) is 25.3 Å². The van der Waals surface area contributed by atoms with Gasteiger partial charge in [-0.25, -0.2) is 17.8 Å². The second kappa shape index (κ2) is 8.82. The predicted molar refractivity (Wildman–Crippen MR) is 121 cm³/mol. The van der Waals surface area contributed by atoms with Crippen molar-refractivity contribution in [3.05, 3.63) is 78.2 Å². The van der Waals surface area contributed by atoms with Crippen molar-refractivity contribution in [3.8, 4) is 11.5 Å². The monoisotopic (exact) mass is 470 g/mol. The second-order valence-corrected chi connectivity index (χ2v) is 9.90. The Labute approximate surface area is 191 Å². The van der Waals surface area contributed by atoms with Gasteiger partial charge in [-0.1, -0.05) is 30.3 Å². The number of ether oxygens (including phenoxy) is 2. The molecular formula is C24H23FN2O5S. The van der Waals surface area contributed by atoms with E-state index in [9.17, 15) is 17.6 Å². The molecule has 3 aromatic rings. The Morgan fingerprint density at radius 2 is 1.82 bits per heavy atom. The lowest BCUT2D eigenvalue weighted by molar-refractivity contribution is -0.117. The second-order valence-electron chi connectivity index (χ2n) is 7.91. The van der Waals surface area contributed by atoms with Gasteiger partial charge in [0.05, 0.1) is 31.1 Å². The molecule has 1 fully saturated rings. The average molecular weight is 471 g/mol. The van der Waals surface area contributed by atoms with E-state index in [0.717, 1.165) is 11.8 Å². The highest BCUT2D eigenvalue weighted by Gasteiger charge is 2.61. The molecule has 1 N–H and O–H groups in total. The Bertz CT molecular complexity index is 1270. The molecule has 1 aromatic heterocycles. The summed E-state index contributed by atoms with van der Waals surface area (Å²) in [5.41, 5.74) is -0.126. The fourth-order valence-electron chi connectivity index (χ4n) is 4.08. The van der Waals surface area contributed by atoms with Crippen molar-refractivity contribution >= 4 is 21.6 Å². The minimum atomic E-state index is -3.79. The van der Waals surface area contributed by atoms with Gasteiger partial charge in [-0.15, -0.1) is 0 Å². The number of hydrogen-bond donors (Lipinski definition) is 1. The third-order valence-corrected chi connectivity index (χ3v) is 7.75. The number of amides is 1. The van der Waals surface area contributed by atoms with Gasteiger partial charge in [-0.2, -0.15) is 0 Å². The normalized spacial score (nSPS) is 19.5. The number of nitrogens with one attached hydrogen (secondary N) is 1. The summed E-state index contributed by atoms with van der Waals surface area (Å²) in [7, 11) is -0.880. The van der Waals surface area contributed by atoms with Crippen LogP contribution in [-0.2, 0) is 20.0 Å². The van der Waals surface area contributed by atoms with Gasteiger partial charge in [0.25, 0.3) is 0 Å². The molecule has 33 heavy (non-hydrogen) atoms. The molecule has 2 aromatic carbocycles. The molecule has 4 rings (SSSR count). The summed E-state index contributed by atoms with van der Waals surface area (Å²) in [6.07, 6.45) is 1.37. The lowest BCUT2D eigenvalue weighted by Crippen LogP contribution is -2.28. The number of benzene rings is 2. The first kappa shape index (κ1) is 22.7. The number of aromatic nitrogens is 1. The molecule has 0 saturated heterocycles. The lowest BCUT2D eigenvalue weighted by Gasteiger charge is -2.19. The number of nitrogens with zero attached hydrogens (tertiary/aromatic N) is 1. The number of anilines is 1. The average Bonchev–Trinajstić information content (AvgIpc) is 3.55. The van der Waals surface area contributed by atoms with Crippen LogP contribution in [0.4, 0.5) is 10.2 Å². The first-order valence-electron chi connectivity index (χ1n) is 10.2. The van der Waals surface area contributed by atoms with Gasteiger partial charge in [0.2, 0.25) is 5.91 Å². The lowest BCUT2D eigenvalue weighted by atomic mass is 9.95. The molecule has 0 spiro atoms. The minimum absolute atomic E-state index is 0.0849. The number of carbonyl (C=O) groups excluding carboxylic acids is 1. The van der Waals surface area contributed by atoms with Crippen molar-refractivity contribution in [1.82, 2.24) is 4.98 Å². The van der Waals surface area contributed by atoms with Crippen LogP contribution >= 0.6 is 0 Å². The van der Waals surface area contributed by atoms with Crippen LogP contribution in [0.15, 0.2) is 71.8 Å². The number of rotatable bonds is 8. The molecule has 7 nitrogen and oxygen atoms in total. The van der Waals surface area contributed by atoms with E-state index in [1.54, 1.807) is 0 Å². The van der Waals surface area contributed by atoms with E-state index in [2.05, 4.69) is 10.3 Å². The number of hydrogen-bond acceptors (Lipinski definition) is 6. The summed E-state index contributed by atoms with van der Waals surface area (Å²) in [5, 5.41) is 2.67. The zero-order valence-electron chi connectivity index (χ0n) is 18.1. The summed E-state index contributed by atoms with van der Waals surface area (Å²) in [6.45, 7) is 0. The maximum Gasteiger partial charge on any atom is 0.229 e. The van der Waals surface area contributed by atoms with Crippen LogP contribution in [0.3, 0.4) is 0 Å². The van der Waals surface area contributed by atoms with Gasteiger partial charge in [-0.3, -0.25) is 4.79 Å². The Hall–Kier alpha value is -3.46. The molecule has 9 heteroatoms. The molecule has 0 aliphatic heterocycles. The van der Waals surface area contributed by atoms with Crippen molar-refractivity contribution in [2.24, 2.45) is 5.92 Å². The number of pyridine rings is 1. The van der Waals surface area contributed by atoms with Gasteiger partial charge >= 0.3 is 0 Å². The quantitative estimate of drug-likeness (QED) is 0.541. The van der Waals surface area contributed by atoms with Gasteiger partial charge in [0, 0.05) is 17.4 Å². The minimum Gasteiger partial charge on any atom is -0.493 e. The molecule has 2 atom stereocenters. The van der Waals surface area contributed by atoms with Crippen LogP contribution in [0.2, 0.25) is 0 Å². The van der Waals surface area contributed by atoms with Crippen molar-refractivity contribution < 1.29 is 27.1 Å². The fraction of sp³-hybridized carbons (Fsp3) is 0.250. The van der Waals surface area contributed by atoms with E-state index in [4.69, 9.17) is 9.47 Å². The Morgan fingerprint density at radius 3 is 2.45 bits per heavy atom. The maximum atomic E-state index is 13.4. The van der Waals surface area contributed by atoms with E-state index >= 15 is 0 Å². The van der Waals surface area contributed by atoms with E-state index in [1.807, 2.05) is 30.3 Å². The van der Waals surface area contributed by atoms with E-state index in [-0.39, 0.29) is 22.4 Å². The molecule has 1 heterocycles. The summed E-state index contributed by atoms with van der Waals surface area (Å²) in [6, 6.07) is 16.1. The van der Waals surface area contributed by atoms with Crippen LogP contribution < -0.4 is 14.8 Å². The molecule has 172 valence electrons. The van der Waals surface area contributed by atoms with Crippen LogP contribution in [0.1, 0.15) is 12.0 Å². The summed E-state index contributed by atoms with van der Waals surface area (Å²) in [5.74, 6) is -0.780. The van der Waals surface area contributed by atoms with Gasteiger partial charge < -0.3 is 14.8 Å². The fourth-order valence-corrected chi connectivity index (χ4v) is 5.97. The smallest absolute Gasteiger partial charge is 0.229 e. The molecule has 1 saturated carbocycles. The molecule has 1 amide bonds. The van der Waals surface area contributed by atoms with E-state index in [0.29, 0.717) is 17.9 Å². The largest absolute Gasteiger partial charge is 0.493 e. The first-order valence-corrected chi connectivity index (χ1v) is 11.9. The highest BCUT2D eigenvalue weighted by molar-refractivity contribution is 7.91. The molecule has 1 aliphatic rings. The number of halogens is 1. The summed E-state index contributed by atoms with van der Waals surface area (Å²) >= 11 is 0. The van der Waals surface area contributed by atoms with Gasteiger partial charge in [0.15, 0.2) is 21.3 Å². The highest BCUT2D eigenvalue weighted by Crippen LogP contribution is 2.56. The van der Waals surface area contributed by atoms with Crippen LogP contribution in [0.25, 0.3) is 0 Å². The third kappa shape index (κ3) is 4.54. The number of methoxy groups -OCH3 is 2. The zero-order chi connectivity index (χ0) is 23.6. The molecule has 1 aliphatic carbocycles. The standard InChI is InChI=1S/C24H23FN2O5S/c1-31-20-10-9-18(12-21(20)32-2)33(29,30)15-24(16-6-4-3-5-7-16)13-19(24)23(28)27-22-11-8-17(25)14-26-22/h3-12,14,19H,13,15H2,1-2H3,(H,26,27,28). The van der Waals surface area contributed by atoms with Crippen LogP contribution in [0.5, 0.6) is 11.5 Å². The van der Waals surface area contributed by atoms with Gasteiger partial charge in [-0.05, 0) is 36.2 Å². The number of carbonyl (C=O) groups is 1. The van der Waals surface area contributed by atoms with Gasteiger partial charge in [0.1, 0.15) is 11.6 Å². The highest BCUT2D eigenvalue weighted by atomic mass is 32.2. The SMILES string of the molecule is COc1ccc(S(=O)(=O)CC2(c3ccccc3)CC2C(=O)Nc2ccc(F)cn2)cc1OC. The predicted octanol–water partition coefficient (Wildman–Crippen LogP) is 3.61. The summed E-state index contributed by atoms with van der Waals surface area (Å²) < 4.78 is 50.4. The first-order chi connectivity index (χ1) is 15.8. The van der Waals surface area contributed by atoms with Crippen molar-refractivity contribution in [1.29, 1.82) is 0 Å². The number of sulfone groups is 1. The van der Waals surface area contributed by atoms with E-state index < -0.39 is 27.0 Å². The molecular weight excluding hydrogens is 447 g/mol. The molecule has 0 bridgehead atoms. The third-order valence-electron chi connectivity index (χ3n) is 5.88. The van der Waals surface area contributed by atoms with E-state index in [1.165, 1.54) is 44.6 Å². The topological polar surface area (TPSA) is 94.6 Å². The Balaban J connectivity index is 1.64. The summed E-state index contributed by atoms with van der Waals surface area (Å²) in [4.78, 5) is 16.9. The molecule has 0 radical (unpaired) electrons. The van der Waals surface area contributed by atoms with Crippen LogP contribution in [0, 0.1) is 11.7 Å². The van der Waals surface area contributed by atoms with Crippen molar-refractivity contribution in [2.45, 2.75) is 16.7 Å².